The molecule has 2 N–H and O–H groups in total. The van der Waals surface area contributed by atoms with Crippen molar-refractivity contribution in [3.05, 3.63) is 59.9 Å². The third-order valence-corrected chi connectivity index (χ3v) is 5.39. The molecule has 1 aromatic heterocycles. The Hall–Kier alpha value is -2.99. The molecule has 0 fully saturated rings. The molecule has 27 heavy (non-hydrogen) atoms. The van der Waals surface area contributed by atoms with Crippen LogP contribution in [-0.4, -0.2) is 17.6 Å². The summed E-state index contributed by atoms with van der Waals surface area (Å²) in [6, 6.07) is 13.3. The van der Waals surface area contributed by atoms with E-state index in [0.717, 1.165) is 39.3 Å². The Bertz CT molecular complexity index is 1070. The summed E-state index contributed by atoms with van der Waals surface area (Å²) in [6.45, 7) is 2.02. The van der Waals surface area contributed by atoms with Crippen LogP contribution in [-0.2, 0) is 16.0 Å². The van der Waals surface area contributed by atoms with E-state index in [1.807, 2.05) is 43.3 Å². The Morgan fingerprint density at radius 2 is 2.15 bits per heavy atom. The van der Waals surface area contributed by atoms with Crippen LogP contribution in [0.25, 0.3) is 17.0 Å². The van der Waals surface area contributed by atoms with Gasteiger partial charge < -0.3 is 15.1 Å². The number of hydrogen-bond acceptors (Lipinski definition) is 4. The van der Waals surface area contributed by atoms with E-state index in [9.17, 15) is 9.59 Å². The fraction of sp³-hybridized carbons (Fsp3) is 0.143. The van der Waals surface area contributed by atoms with Gasteiger partial charge in [-0.05, 0) is 30.3 Å². The van der Waals surface area contributed by atoms with Crippen molar-refractivity contribution >= 4 is 52.0 Å². The number of anilines is 2. The number of amides is 2. The molecule has 0 atom stereocenters. The van der Waals surface area contributed by atoms with Crippen LogP contribution in [0, 0.1) is 0 Å². The highest BCUT2D eigenvalue weighted by Gasteiger charge is 2.16. The van der Waals surface area contributed by atoms with Gasteiger partial charge in [-0.15, -0.1) is 11.8 Å². The molecule has 0 saturated carbocycles. The van der Waals surface area contributed by atoms with Crippen LogP contribution in [0.5, 0.6) is 0 Å². The van der Waals surface area contributed by atoms with Gasteiger partial charge in [0.15, 0.2) is 0 Å². The molecule has 0 aliphatic carbocycles. The molecule has 5 nitrogen and oxygen atoms in total. The fourth-order valence-electron chi connectivity index (χ4n) is 3.07. The molecule has 0 saturated heterocycles. The predicted octanol–water partition coefficient (Wildman–Crippen LogP) is 4.69. The highest BCUT2D eigenvalue weighted by Crippen LogP contribution is 2.33. The summed E-state index contributed by atoms with van der Waals surface area (Å²) < 4.78 is 5.85. The normalized spacial score (nSPS) is 13.6. The van der Waals surface area contributed by atoms with Crippen molar-refractivity contribution in [2.75, 3.05) is 16.4 Å². The van der Waals surface area contributed by atoms with Crippen molar-refractivity contribution in [3.8, 4) is 0 Å². The number of carbonyl (C=O) groups is 2. The maximum Gasteiger partial charge on any atom is 0.248 e. The number of aryl methyl sites for hydroxylation is 1. The van der Waals surface area contributed by atoms with E-state index in [4.69, 9.17) is 4.42 Å². The van der Waals surface area contributed by atoms with Gasteiger partial charge >= 0.3 is 0 Å². The fourth-order valence-corrected chi connectivity index (χ4v) is 3.85. The van der Waals surface area contributed by atoms with Crippen molar-refractivity contribution < 1.29 is 14.0 Å². The third-order valence-electron chi connectivity index (χ3n) is 4.31. The molecule has 2 amide bonds. The van der Waals surface area contributed by atoms with E-state index in [2.05, 4.69) is 10.6 Å². The smallest absolute Gasteiger partial charge is 0.248 e. The number of furan rings is 1. The van der Waals surface area contributed by atoms with E-state index in [0.29, 0.717) is 11.4 Å². The average Bonchev–Trinajstić information content (AvgIpc) is 3.04. The van der Waals surface area contributed by atoms with E-state index in [-0.39, 0.29) is 11.8 Å². The van der Waals surface area contributed by atoms with Gasteiger partial charge in [-0.2, -0.15) is 0 Å². The van der Waals surface area contributed by atoms with Gasteiger partial charge in [0.25, 0.3) is 0 Å². The van der Waals surface area contributed by atoms with E-state index in [1.54, 1.807) is 12.1 Å². The van der Waals surface area contributed by atoms with Gasteiger partial charge in [0, 0.05) is 34.0 Å². The predicted molar refractivity (Wildman–Crippen MR) is 109 cm³/mol. The van der Waals surface area contributed by atoms with Crippen molar-refractivity contribution in [1.29, 1.82) is 0 Å². The molecule has 0 unspecified atom stereocenters. The number of thioether (sulfide) groups is 1. The number of carbonyl (C=O) groups excluding carboxylic acids is 2. The maximum absolute atomic E-state index is 12.4. The van der Waals surface area contributed by atoms with Crippen LogP contribution in [0.15, 0.2) is 57.9 Å². The lowest BCUT2D eigenvalue weighted by Crippen LogP contribution is -2.19. The first-order valence-electron chi connectivity index (χ1n) is 8.70. The van der Waals surface area contributed by atoms with Gasteiger partial charge in [0.05, 0.1) is 11.4 Å². The SMILES string of the molecule is CCc1oc2ccccc2c1/C=C/C(=O)Nc1ccc2c(c1)NC(=O)CS2. The number of benzene rings is 2. The van der Waals surface area contributed by atoms with Crippen molar-refractivity contribution in [2.24, 2.45) is 0 Å². The zero-order chi connectivity index (χ0) is 18.8. The largest absolute Gasteiger partial charge is 0.460 e. The van der Waals surface area contributed by atoms with Gasteiger partial charge in [0.1, 0.15) is 11.3 Å². The summed E-state index contributed by atoms with van der Waals surface area (Å²) in [5.41, 5.74) is 3.11. The quantitative estimate of drug-likeness (QED) is 0.646. The first-order valence-corrected chi connectivity index (χ1v) is 9.69. The minimum Gasteiger partial charge on any atom is -0.460 e. The molecule has 0 radical (unpaired) electrons. The third kappa shape index (κ3) is 3.61. The Morgan fingerprint density at radius 3 is 3.00 bits per heavy atom. The molecule has 1 aliphatic heterocycles. The van der Waals surface area contributed by atoms with Gasteiger partial charge in [-0.25, -0.2) is 0 Å². The van der Waals surface area contributed by atoms with Crippen LogP contribution in [0.1, 0.15) is 18.2 Å². The molecule has 0 bridgehead atoms. The lowest BCUT2D eigenvalue weighted by molar-refractivity contribution is -0.114. The number of rotatable bonds is 4. The molecule has 136 valence electrons. The van der Waals surface area contributed by atoms with Crippen LogP contribution in [0.4, 0.5) is 11.4 Å². The summed E-state index contributed by atoms with van der Waals surface area (Å²) in [5.74, 6) is 1.00. The lowest BCUT2D eigenvalue weighted by atomic mass is 10.1. The van der Waals surface area contributed by atoms with E-state index < -0.39 is 0 Å². The van der Waals surface area contributed by atoms with Crippen LogP contribution >= 0.6 is 11.8 Å². The summed E-state index contributed by atoms with van der Waals surface area (Å²) in [6.07, 6.45) is 4.04. The molecule has 0 spiro atoms. The Morgan fingerprint density at radius 1 is 1.30 bits per heavy atom. The van der Waals surface area contributed by atoms with Crippen molar-refractivity contribution in [3.63, 3.8) is 0 Å². The van der Waals surface area contributed by atoms with Gasteiger partial charge in [-0.3, -0.25) is 9.59 Å². The number of para-hydroxylation sites is 1. The van der Waals surface area contributed by atoms with E-state index in [1.165, 1.54) is 17.8 Å². The summed E-state index contributed by atoms with van der Waals surface area (Å²) in [7, 11) is 0. The minimum absolute atomic E-state index is 0.0326. The maximum atomic E-state index is 12.4. The summed E-state index contributed by atoms with van der Waals surface area (Å²) >= 11 is 1.49. The Balaban J connectivity index is 1.53. The lowest BCUT2D eigenvalue weighted by Gasteiger charge is -2.17. The molecule has 2 aromatic carbocycles. The van der Waals surface area contributed by atoms with Crippen molar-refractivity contribution in [2.45, 2.75) is 18.2 Å². The van der Waals surface area contributed by atoms with Crippen LogP contribution in [0.3, 0.4) is 0 Å². The average molecular weight is 378 g/mol. The first-order chi connectivity index (χ1) is 13.1. The highest BCUT2D eigenvalue weighted by atomic mass is 32.2. The van der Waals surface area contributed by atoms with Crippen LogP contribution < -0.4 is 10.6 Å². The topological polar surface area (TPSA) is 71.3 Å². The summed E-state index contributed by atoms with van der Waals surface area (Å²) in [4.78, 5) is 24.9. The monoisotopic (exact) mass is 378 g/mol. The van der Waals surface area contributed by atoms with E-state index >= 15 is 0 Å². The standard InChI is InChI=1S/C21H18N2O3S/c1-2-17-15(14-5-3-4-6-18(14)26-17)8-10-20(24)22-13-7-9-19-16(11-13)23-21(25)12-27-19/h3-11H,2,12H2,1H3,(H,22,24)(H,23,25)/b10-8+. The molecular formula is C21H18N2O3S. The Kier molecular flexibility index (Phi) is 4.73. The molecule has 4 rings (SSSR count). The zero-order valence-corrected chi connectivity index (χ0v) is 15.6. The first kappa shape index (κ1) is 17.4. The second kappa shape index (κ2) is 7.32. The molecule has 2 heterocycles. The minimum atomic E-state index is -0.239. The Labute approximate surface area is 160 Å². The molecule has 6 heteroatoms. The van der Waals surface area contributed by atoms with Crippen LogP contribution in [0.2, 0.25) is 0 Å². The van der Waals surface area contributed by atoms with Crippen molar-refractivity contribution in [1.82, 2.24) is 0 Å². The molecule has 3 aromatic rings. The number of nitrogens with one attached hydrogen (secondary N) is 2. The second-order valence-electron chi connectivity index (χ2n) is 6.16. The van der Waals surface area contributed by atoms with Gasteiger partial charge in [-0.1, -0.05) is 25.1 Å². The zero-order valence-electron chi connectivity index (χ0n) is 14.7. The molecular weight excluding hydrogens is 360 g/mol. The number of hydrogen-bond donors (Lipinski definition) is 2. The summed E-state index contributed by atoms with van der Waals surface area (Å²) in [5, 5.41) is 6.65. The van der Waals surface area contributed by atoms with Gasteiger partial charge in [0.2, 0.25) is 11.8 Å². The second-order valence-corrected chi connectivity index (χ2v) is 7.18. The molecule has 1 aliphatic rings. The number of fused-ring (bicyclic) bond motifs is 2. The highest BCUT2D eigenvalue weighted by molar-refractivity contribution is 8.00.